The highest BCUT2D eigenvalue weighted by Gasteiger charge is 2.19. The van der Waals surface area contributed by atoms with E-state index in [4.69, 9.17) is 21.1 Å². The smallest absolute Gasteiger partial charge is 0.222 e. The Balaban J connectivity index is 1.57. The van der Waals surface area contributed by atoms with E-state index < -0.39 is 0 Å². The lowest BCUT2D eigenvalue weighted by molar-refractivity contribution is -0.127. The average Bonchev–Trinajstić information content (AvgIpc) is 3.12. The van der Waals surface area contributed by atoms with Crippen LogP contribution in [0.3, 0.4) is 0 Å². The van der Waals surface area contributed by atoms with Crippen LogP contribution in [0, 0.1) is 0 Å². The van der Waals surface area contributed by atoms with E-state index in [0.717, 1.165) is 43.6 Å². The zero-order valence-corrected chi connectivity index (χ0v) is 17.0. The summed E-state index contributed by atoms with van der Waals surface area (Å²) in [6.07, 6.45) is 2.60. The first-order chi connectivity index (χ1) is 13.7. The van der Waals surface area contributed by atoms with Gasteiger partial charge in [0.2, 0.25) is 5.91 Å². The number of methoxy groups -OCH3 is 1. The Morgan fingerprint density at radius 2 is 2.04 bits per heavy atom. The largest absolute Gasteiger partial charge is 0.493 e. The summed E-state index contributed by atoms with van der Waals surface area (Å²) < 4.78 is 11.6. The minimum absolute atomic E-state index is 0.274. The van der Waals surface area contributed by atoms with Gasteiger partial charge in [-0.1, -0.05) is 41.9 Å². The summed E-state index contributed by atoms with van der Waals surface area (Å²) in [5, 5.41) is 4.04. The molecule has 1 saturated heterocycles. The van der Waals surface area contributed by atoms with Crippen LogP contribution in [0.5, 0.6) is 11.5 Å². The van der Waals surface area contributed by atoms with E-state index in [1.807, 2.05) is 41.3 Å². The van der Waals surface area contributed by atoms with E-state index in [2.05, 4.69) is 5.32 Å². The molecule has 1 heterocycles. The number of ether oxygens (including phenoxy) is 2. The van der Waals surface area contributed by atoms with Gasteiger partial charge in [-0.3, -0.25) is 4.79 Å². The van der Waals surface area contributed by atoms with Crippen molar-refractivity contribution in [3.8, 4) is 11.5 Å². The highest BCUT2D eigenvalue weighted by molar-refractivity contribution is 6.30. The molecular weight excluding hydrogens is 376 g/mol. The second-order valence-electron chi connectivity index (χ2n) is 6.89. The van der Waals surface area contributed by atoms with Crippen molar-refractivity contribution in [2.24, 2.45) is 0 Å². The lowest BCUT2D eigenvalue weighted by atomic mass is 10.1. The van der Waals surface area contributed by atoms with Crippen LogP contribution >= 0.6 is 11.6 Å². The van der Waals surface area contributed by atoms with Gasteiger partial charge in [-0.15, -0.1) is 0 Å². The first kappa shape index (κ1) is 20.5. The average molecular weight is 403 g/mol. The summed E-state index contributed by atoms with van der Waals surface area (Å²) in [7, 11) is 1.62. The number of nitrogens with zero attached hydrogens (tertiary/aromatic N) is 1. The van der Waals surface area contributed by atoms with E-state index in [9.17, 15) is 4.79 Å². The number of amides is 1. The third-order valence-corrected chi connectivity index (χ3v) is 5.03. The maximum atomic E-state index is 11.7. The predicted molar refractivity (Wildman–Crippen MR) is 111 cm³/mol. The van der Waals surface area contributed by atoms with Crippen molar-refractivity contribution in [2.45, 2.75) is 32.4 Å². The van der Waals surface area contributed by atoms with Crippen molar-refractivity contribution in [2.75, 3.05) is 26.7 Å². The zero-order valence-electron chi connectivity index (χ0n) is 16.2. The lowest BCUT2D eigenvalue weighted by Crippen LogP contribution is -2.28. The summed E-state index contributed by atoms with van der Waals surface area (Å²) in [5.74, 6) is 1.61. The SMILES string of the molecule is COc1cc(Cl)cc(CNCCCN2CCCC2=O)c1OCc1ccccc1. The minimum Gasteiger partial charge on any atom is -0.493 e. The van der Waals surface area contributed by atoms with Crippen LogP contribution in [0.4, 0.5) is 0 Å². The van der Waals surface area contributed by atoms with Crippen molar-refractivity contribution in [3.05, 3.63) is 58.6 Å². The van der Waals surface area contributed by atoms with E-state index in [0.29, 0.717) is 36.1 Å². The van der Waals surface area contributed by atoms with Gasteiger partial charge in [-0.25, -0.2) is 0 Å². The van der Waals surface area contributed by atoms with Crippen LogP contribution in [0.1, 0.15) is 30.4 Å². The van der Waals surface area contributed by atoms with Gasteiger partial charge in [-0.05, 0) is 31.0 Å². The van der Waals surface area contributed by atoms with E-state index in [-0.39, 0.29) is 5.91 Å². The van der Waals surface area contributed by atoms with Gasteiger partial charge >= 0.3 is 0 Å². The molecule has 6 heteroatoms. The summed E-state index contributed by atoms with van der Waals surface area (Å²) in [4.78, 5) is 13.6. The molecule has 0 aliphatic carbocycles. The number of carbonyl (C=O) groups is 1. The van der Waals surface area contributed by atoms with E-state index in [1.165, 1.54) is 0 Å². The fourth-order valence-corrected chi connectivity index (χ4v) is 3.59. The molecule has 1 aliphatic rings. The molecule has 2 aromatic carbocycles. The standard InChI is InChI=1S/C22H27ClN2O3/c1-27-20-14-19(23)13-18(22(20)28-16-17-7-3-2-4-8-17)15-24-10-6-12-25-11-5-9-21(25)26/h2-4,7-8,13-14,24H,5-6,9-12,15-16H2,1H3. The number of likely N-dealkylation sites (tertiary alicyclic amines) is 1. The second kappa shape index (κ2) is 10.3. The van der Waals surface area contributed by atoms with Crippen LogP contribution < -0.4 is 14.8 Å². The summed E-state index contributed by atoms with van der Waals surface area (Å²) in [5.41, 5.74) is 2.05. The van der Waals surface area contributed by atoms with Crippen LogP contribution in [0.15, 0.2) is 42.5 Å². The topological polar surface area (TPSA) is 50.8 Å². The molecule has 0 bridgehead atoms. The number of hydrogen-bond acceptors (Lipinski definition) is 4. The highest BCUT2D eigenvalue weighted by Crippen LogP contribution is 2.35. The maximum Gasteiger partial charge on any atom is 0.222 e. The fourth-order valence-electron chi connectivity index (χ4n) is 3.36. The van der Waals surface area contributed by atoms with Gasteiger partial charge in [0.15, 0.2) is 11.5 Å². The molecule has 0 saturated carbocycles. The third-order valence-electron chi connectivity index (χ3n) is 4.81. The number of benzene rings is 2. The summed E-state index contributed by atoms with van der Waals surface area (Å²) >= 11 is 6.25. The van der Waals surface area contributed by atoms with Crippen LogP contribution in [-0.4, -0.2) is 37.6 Å². The van der Waals surface area contributed by atoms with E-state index in [1.54, 1.807) is 13.2 Å². The Labute approximate surface area is 171 Å². The number of halogens is 1. The normalized spacial score (nSPS) is 13.8. The van der Waals surface area contributed by atoms with Crippen molar-refractivity contribution in [1.82, 2.24) is 10.2 Å². The fraction of sp³-hybridized carbons (Fsp3) is 0.409. The van der Waals surface area contributed by atoms with Crippen LogP contribution in [0.25, 0.3) is 0 Å². The van der Waals surface area contributed by atoms with Crippen molar-refractivity contribution in [3.63, 3.8) is 0 Å². The molecule has 0 atom stereocenters. The second-order valence-corrected chi connectivity index (χ2v) is 7.32. The number of carbonyl (C=O) groups excluding carboxylic acids is 1. The quantitative estimate of drug-likeness (QED) is 0.609. The highest BCUT2D eigenvalue weighted by atomic mass is 35.5. The minimum atomic E-state index is 0.274. The number of nitrogens with one attached hydrogen (secondary N) is 1. The van der Waals surface area contributed by atoms with Gasteiger partial charge in [0.05, 0.1) is 7.11 Å². The molecule has 5 nitrogen and oxygen atoms in total. The number of hydrogen-bond donors (Lipinski definition) is 1. The van der Waals surface area contributed by atoms with Crippen molar-refractivity contribution in [1.29, 1.82) is 0 Å². The van der Waals surface area contributed by atoms with Crippen molar-refractivity contribution >= 4 is 17.5 Å². The summed E-state index contributed by atoms with van der Waals surface area (Å²) in [6, 6.07) is 13.7. The van der Waals surface area contributed by atoms with Crippen molar-refractivity contribution < 1.29 is 14.3 Å². The molecule has 0 radical (unpaired) electrons. The Morgan fingerprint density at radius 1 is 1.21 bits per heavy atom. The Hall–Kier alpha value is -2.24. The monoisotopic (exact) mass is 402 g/mol. The number of rotatable bonds is 10. The third kappa shape index (κ3) is 5.63. The molecule has 0 aromatic heterocycles. The molecule has 3 rings (SSSR count). The molecule has 1 aliphatic heterocycles. The Kier molecular flexibility index (Phi) is 7.57. The lowest BCUT2D eigenvalue weighted by Gasteiger charge is -2.17. The first-order valence-electron chi connectivity index (χ1n) is 9.69. The molecular formula is C22H27ClN2O3. The van der Waals surface area contributed by atoms with Crippen LogP contribution in [-0.2, 0) is 17.9 Å². The van der Waals surface area contributed by atoms with Gasteiger partial charge < -0.3 is 19.7 Å². The van der Waals surface area contributed by atoms with Gasteiger partial charge in [-0.2, -0.15) is 0 Å². The molecule has 1 N–H and O–H groups in total. The summed E-state index contributed by atoms with van der Waals surface area (Å²) in [6.45, 7) is 3.60. The zero-order chi connectivity index (χ0) is 19.8. The molecule has 0 unspecified atom stereocenters. The molecule has 150 valence electrons. The van der Waals surface area contributed by atoms with Gasteiger partial charge in [0, 0.05) is 42.7 Å². The molecule has 1 fully saturated rings. The van der Waals surface area contributed by atoms with Crippen LogP contribution in [0.2, 0.25) is 5.02 Å². The Morgan fingerprint density at radius 3 is 2.75 bits per heavy atom. The van der Waals surface area contributed by atoms with E-state index >= 15 is 0 Å². The molecule has 2 aromatic rings. The maximum absolute atomic E-state index is 11.7. The molecule has 28 heavy (non-hydrogen) atoms. The van der Waals surface area contributed by atoms with Gasteiger partial charge in [0.25, 0.3) is 0 Å². The van der Waals surface area contributed by atoms with Gasteiger partial charge in [0.1, 0.15) is 6.61 Å². The Bertz CT molecular complexity index is 783. The molecule has 0 spiro atoms. The predicted octanol–water partition coefficient (Wildman–Crippen LogP) is 4.03. The molecule has 1 amide bonds. The first-order valence-corrected chi connectivity index (χ1v) is 10.1.